The van der Waals surface area contributed by atoms with Crippen LogP contribution < -0.4 is 5.32 Å². The van der Waals surface area contributed by atoms with Crippen molar-refractivity contribution in [2.75, 3.05) is 7.05 Å². The van der Waals surface area contributed by atoms with Crippen molar-refractivity contribution in [2.45, 2.75) is 6.92 Å². The van der Waals surface area contributed by atoms with E-state index in [1.807, 2.05) is 12.1 Å². The minimum Gasteiger partial charge on any atom is -0.454 e. The van der Waals surface area contributed by atoms with Gasteiger partial charge in [-0.05, 0) is 18.1 Å². The van der Waals surface area contributed by atoms with Crippen LogP contribution in [0.1, 0.15) is 24.0 Å². The van der Waals surface area contributed by atoms with Gasteiger partial charge in [0.15, 0.2) is 5.76 Å². The molecule has 3 heteroatoms. The van der Waals surface area contributed by atoms with Gasteiger partial charge in [0.1, 0.15) is 10.7 Å². The summed E-state index contributed by atoms with van der Waals surface area (Å²) in [7, 11) is 1.80. The van der Waals surface area contributed by atoms with Gasteiger partial charge in [0, 0.05) is 12.6 Å². The molecule has 78 valence electrons. The molecule has 15 heavy (non-hydrogen) atoms. The number of rotatable bonds is 1. The minimum atomic E-state index is 0.451. The van der Waals surface area contributed by atoms with Crippen molar-refractivity contribution >= 4 is 29.4 Å². The summed E-state index contributed by atoms with van der Waals surface area (Å²) in [6.45, 7) is 2.14. The van der Waals surface area contributed by atoms with E-state index in [0.717, 1.165) is 17.1 Å². The molecule has 1 N–H and O–H groups in total. The third-order valence-corrected chi connectivity index (χ3v) is 2.78. The molecule has 2 rings (SSSR count). The van der Waals surface area contributed by atoms with Gasteiger partial charge < -0.3 is 9.73 Å². The van der Waals surface area contributed by atoms with E-state index in [1.54, 1.807) is 7.05 Å². The Balaban J connectivity index is 2.39. The molecule has 0 radical (unpaired) electrons. The second kappa shape index (κ2) is 4.03. The van der Waals surface area contributed by atoms with Crippen molar-refractivity contribution in [3.63, 3.8) is 0 Å². The van der Waals surface area contributed by atoms with Gasteiger partial charge in [0.05, 0.1) is 0 Å². The quantitative estimate of drug-likeness (QED) is 0.735. The predicted octanol–water partition coefficient (Wildman–Crippen LogP) is 2.85. The molecule has 0 fully saturated rings. The molecule has 1 atom stereocenters. The number of nitrogens with one attached hydrogen (secondary N) is 1. The average molecular weight is 219 g/mol. The van der Waals surface area contributed by atoms with E-state index in [0.29, 0.717) is 10.9 Å². The predicted molar refractivity (Wildman–Crippen MR) is 66.7 cm³/mol. The molecular formula is C12H13NOS. The average Bonchev–Trinajstić information content (AvgIpc) is 2.58. The Bertz CT molecular complexity index is 411. The molecule has 1 aromatic heterocycles. The highest BCUT2D eigenvalue weighted by Crippen LogP contribution is 2.23. The van der Waals surface area contributed by atoms with Crippen LogP contribution in [0.25, 0.3) is 12.2 Å². The van der Waals surface area contributed by atoms with E-state index in [1.165, 1.54) is 0 Å². The zero-order valence-corrected chi connectivity index (χ0v) is 9.60. The van der Waals surface area contributed by atoms with Crippen LogP contribution in [-0.2, 0) is 0 Å². The second-order valence-electron chi connectivity index (χ2n) is 3.59. The number of furan rings is 1. The summed E-state index contributed by atoms with van der Waals surface area (Å²) in [6.07, 6.45) is 8.33. The Morgan fingerprint density at radius 1 is 1.40 bits per heavy atom. The molecular weight excluding hydrogens is 206 g/mol. The van der Waals surface area contributed by atoms with Crippen LogP contribution in [0.3, 0.4) is 0 Å². The summed E-state index contributed by atoms with van der Waals surface area (Å²) < 4.78 is 5.65. The third kappa shape index (κ3) is 2.02. The smallest absolute Gasteiger partial charge is 0.162 e. The Kier molecular flexibility index (Phi) is 2.73. The van der Waals surface area contributed by atoms with Gasteiger partial charge in [0.2, 0.25) is 0 Å². The summed E-state index contributed by atoms with van der Waals surface area (Å²) in [5, 5.41) is 2.90. The highest BCUT2D eigenvalue weighted by molar-refractivity contribution is 7.80. The zero-order valence-electron chi connectivity index (χ0n) is 8.78. The second-order valence-corrected chi connectivity index (χ2v) is 3.99. The lowest BCUT2D eigenvalue weighted by atomic mass is 10.1. The molecule has 0 spiro atoms. The van der Waals surface area contributed by atoms with E-state index in [4.69, 9.17) is 16.6 Å². The summed E-state index contributed by atoms with van der Waals surface area (Å²) >= 11 is 5.11. The summed E-state index contributed by atoms with van der Waals surface area (Å²) in [5.74, 6) is 2.05. The standard InChI is InChI=1S/C12H13NOS/c1-8-3-5-9-7-11(12(15)13-2)14-10(9)6-4-8/h3-8H,1-2H3,(H,13,15). The molecule has 0 saturated carbocycles. The van der Waals surface area contributed by atoms with E-state index in [2.05, 4.69) is 30.5 Å². The van der Waals surface area contributed by atoms with Crippen molar-refractivity contribution in [1.82, 2.24) is 5.32 Å². The SMILES string of the molecule is CNC(=S)c1cc2c(o1)C=CC(C)C=C2. The molecule has 0 saturated heterocycles. The largest absolute Gasteiger partial charge is 0.454 e. The van der Waals surface area contributed by atoms with Gasteiger partial charge in [-0.25, -0.2) is 0 Å². The molecule has 0 aromatic carbocycles. The zero-order chi connectivity index (χ0) is 10.8. The van der Waals surface area contributed by atoms with Crippen LogP contribution >= 0.6 is 12.2 Å². The first-order chi connectivity index (χ1) is 7.20. The van der Waals surface area contributed by atoms with Gasteiger partial charge >= 0.3 is 0 Å². The highest BCUT2D eigenvalue weighted by atomic mass is 32.1. The molecule has 1 unspecified atom stereocenters. The van der Waals surface area contributed by atoms with Crippen LogP contribution in [0.2, 0.25) is 0 Å². The van der Waals surface area contributed by atoms with E-state index in [9.17, 15) is 0 Å². The van der Waals surface area contributed by atoms with Crippen LogP contribution in [-0.4, -0.2) is 12.0 Å². The first-order valence-electron chi connectivity index (χ1n) is 4.93. The van der Waals surface area contributed by atoms with Crippen LogP contribution in [0.15, 0.2) is 22.6 Å². The van der Waals surface area contributed by atoms with Gasteiger partial charge in [-0.15, -0.1) is 0 Å². The van der Waals surface area contributed by atoms with Gasteiger partial charge in [0.25, 0.3) is 0 Å². The van der Waals surface area contributed by atoms with Crippen molar-refractivity contribution in [3.05, 3.63) is 35.3 Å². The summed E-state index contributed by atoms with van der Waals surface area (Å²) in [5.41, 5.74) is 1.09. The fourth-order valence-electron chi connectivity index (χ4n) is 1.47. The van der Waals surface area contributed by atoms with E-state index in [-0.39, 0.29) is 0 Å². The summed E-state index contributed by atoms with van der Waals surface area (Å²) in [6, 6.07) is 1.97. The summed E-state index contributed by atoms with van der Waals surface area (Å²) in [4.78, 5) is 0.637. The molecule has 0 aliphatic heterocycles. The lowest BCUT2D eigenvalue weighted by Gasteiger charge is -1.96. The lowest BCUT2D eigenvalue weighted by Crippen LogP contribution is -2.15. The number of thiocarbonyl (C=S) groups is 1. The maximum atomic E-state index is 5.65. The maximum absolute atomic E-state index is 5.65. The van der Waals surface area contributed by atoms with Crippen molar-refractivity contribution in [3.8, 4) is 0 Å². The topological polar surface area (TPSA) is 25.2 Å². The first-order valence-corrected chi connectivity index (χ1v) is 5.34. The molecule has 0 amide bonds. The van der Waals surface area contributed by atoms with Gasteiger partial charge in [-0.2, -0.15) is 0 Å². The van der Waals surface area contributed by atoms with Crippen molar-refractivity contribution in [2.24, 2.45) is 5.92 Å². The molecule has 0 bridgehead atoms. The highest BCUT2D eigenvalue weighted by Gasteiger charge is 2.11. The fourth-order valence-corrected chi connectivity index (χ4v) is 1.57. The van der Waals surface area contributed by atoms with Crippen molar-refractivity contribution in [1.29, 1.82) is 0 Å². The normalized spacial score (nSPS) is 18.4. The van der Waals surface area contributed by atoms with E-state index >= 15 is 0 Å². The van der Waals surface area contributed by atoms with Gasteiger partial charge in [-0.3, -0.25) is 0 Å². The fraction of sp³-hybridized carbons (Fsp3) is 0.250. The first kappa shape index (κ1) is 10.2. The molecule has 1 aliphatic rings. The number of fused-ring (bicyclic) bond motifs is 1. The van der Waals surface area contributed by atoms with Gasteiger partial charge in [-0.1, -0.05) is 37.4 Å². The monoisotopic (exact) mass is 219 g/mol. The Morgan fingerprint density at radius 3 is 2.87 bits per heavy atom. The van der Waals surface area contributed by atoms with Crippen LogP contribution in [0.4, 0.5) is 0 Å². The lowest BCUT2D eigenvalue weighted by molar-refractivity contribution is 0.546. The van der Waals surface area contributed by atoms with E-state index < -0.39 is 0 Å². The molecule has 2 nitrogen and oxygen atoms in total. The molecule has 1 heterocycles. The van der Waals surface area contributed by atoms with Crippen molar-refractivity contribution < 1.29 is 4.42 Å². The van der Waals surface area contributed by atoms with Crippen LogP contribution in [0.5, 0.6) is 0 Å². The van der Waals surface area contributed by atoms with Crippen LogP contribution in [0, 0.1) is 5.92 Å². The Morgan fingerprint density at radius 2 is 2.13 bits per heavy atom. The Hall–Kier alpha value is -1.35. The molecule has 1 aromatic rings. The minimum absolute atomic E-state index is 0.451. The maximum Gasteiger partial charge on any atom is 0.162 e. The number of hydrogen-bond donors (Lipinski definition) is 1. The molecule has 1 aliphatic carbocycles. The number of hydrogen-bond acceptors (Lipinski definition) is 2. The number of allylic oxidation sites excluding steroid dienone is 2. The third-order valence-electron chi connectivity index (χ3n) is 2.37. The Labute approximate surface area is 94.7 Å².